The molecule has 45 heavy (non-hydrogen) atoms. The van der Waals surface area contributed by atoms with E-state index < -0.39 is 47.9 Å². The van der Waals surface area contributed by atoms with Crippen molar-refractivity contribution in [3.05, 3.63) is 70.0 Å². The first-order valence-corrected chi connectivity index (χ1v) is 15.7. The smallest absolute Gasteiger partial charge is 0.323 e. The van der Waals surface area contributed by atoms with E-state index in [-0.39, 0.29) is 17.7 Å². The van der Waals surface area contributed by atoms with Gasteiger partial charge in [-0.1, -0.05) is 12.5 Å². The van der Waals surface area contributed by atoms with Crippen LogP contribution < -0.4 is 0 Å². The molecule has 0 bridgehead atoms. The van der Waals surface area contributed by atoms with E-state index in [0.29, 0.717) is 43.1 Å². The summed E-state index contributed by atoms with van der Waals surface area (Å²) in [6.07, 6.45) is -2.72. The molecule has 5 rings (SSSR count). The number of likely N-dealkylation sites (tertiary alicyclic amines) is 3. The molecule has 2 amide bonds. The Morgan fingerprint density at radius 1 is 0.800 bits per heavy atom. The quantitative estimate of drug-likeness (QED) is 0.311. The third kappa shape index (κ3) is 7.93. The van der Waals surface area contributed by atoms with Crippen molar-refractivity contribution < 1.29 is 35.5 Å². The summed E-state index contributed by atoms with van der Waals surface area (Å²) >= 11 is 0. The van der Waals surface area contributed by atoms with Crippen molar-refractivity contribution in [2.45, 2.75) is 88.9 Å². The summed E-state index contributed by atoms with van der Waals surface area (Å²) in [7, 11) is 1.38. The topological polar surface area (TPSA) is 30.0 Å². The van der Waals surface area contributed by atoms with Gasteiger partial charge in [-0.15, -0.1) is 0 Å². The van der Waals surface area contributed by atoms with Gasteiger partial charge in [0.2, 0.25) is 0 Å². The summed E-state index contributed by atoms with van der Waals surface area (Å²) in [5, 5.41) is 0. The molecule has 0 radical (unpaired) electrons. The highest BCUT2D eigenvalue weighted by atomic mass is 19.4. The van der Waals surface area contributed by atoms with Gasteiger partial charge in [0.25, 0.3) is 0 Å². The lowest BCUT2D eigenvalue weighted by atomic mass is 9.87. The van der Waals surface area contributed by atoms with Gasteiger partial charge in [0.1, 0.15) is 5.82 Å². The van der Waals surface area contributed by atoms with Gasteiger partial charge in [0.15, 0.2) is 0 Å². The van der Waals surface area contributed by atoms with Crippen LogP contribution >= 0.6 is 0 Å². The Kier molecular flexibility index (Phi) is 10.0. The van der Waals surface area contributed by atoms with Crippen LogP contribution in [0.3, 0.4) is 0 Å². The molecule has 5 nitrogen and oxygen atoms in total. The molecule has 2 atom stereocenters. The minimum absolute atomic E-state index is 0.0821. The van der Waals surface area contributed by atoms with Gasteiger partial charge in [0.05, 0.1) is 17.2 Å². The number of piperidine rings is 3. The first-order valence-electron chi connectivity index (χ1n) is 15.7. The highest BCUT2D eigenvalue weighted by Gasteiger charge is 2.40. The van der Waals surface area contributed by atoms with E-state index in [2.05, 4.69) is 9.80 Å². The summed E-state index contributed by atoms with van der Waals surface area (Å²) in [5.74, 6) is -0.400. The fourth-order valence-corrected chi connectivity index (χ4v) is 7.39. The molecule has 3 saturated heterocycles. The Bertz CT molecular complexity index is 1300. The van der Waals surface area contributed by atoms with Crippen molar-refractivity contribution in [2.75, 3.05) is 39.8 Å². The van der Waals surface area contributed by atoms with E-state index in [1.165, 1.54) is 38.4 Å². The molecule has 2 aromatic carbocycles. The van der Waals surface area contributed by atoms with E-state index >= 15 is 0 Å². The van der Waals surface area contributed by atoms with Crippen LogP contribution in [0.15, 0.2) is 36.4 Å². The molecular weight excluding hydrogens is 601 g/mol. The normalized spacial score (nSPS) is 22.9. The number of hydrogen-bond acceptors (Lipinski definition) is 3. The first kappa shape index (κ1) is 33.5. The molecule has 0 unspecified atom stereocenters. The Hall–Kier alpha value is -2.86. The van der Waals surface area contributed by atoms with Gasteiger partial charge in [-0.2, -0.15) is 26.3 Å². The van der Waals surface area contributed by atoms with Crippen LogP contribution in [0.1, 0.15) is 78.8 Å². The number of alkyl halides is 6. The molecule has 0 saturated carbocycles. The number of carbonyl (C=O) groups is 1. The second-order valence-electron chi connectivity index (χ2n) is 12.8. The van der Waals surface area contributed by atoms with Gasteiger partial charge in [-0.25, -0.2) is 9.18 Å². The van der Waals surface area contributed by atoms with Gasteiger partial charge >= 0.3 is 18.4 Å². The van der Waals surface area contributed by atoms with E-state index in [4.69, 9.17) is 0 Å². The number of nitrogens with zero attached hydrogens (tertiary/aromatic N) is 4. The van der Waals surface area contributed by atoms with E-state index in [1.54, 1.807) is 17.9 Å². The molecule has 0 spiro atoms. The molecule has 0 N–H and O–H groups in total. The second kappa shape index (κ2) is 13.5. The minimum Gasteiger partial charge on any atom is -0.323 e. The number of aryl methyl sites for hydroxylation is 1. The van der Waals surface area contributed by atoms with Crippen LogP contribution in [0, 0.1) is 12.7 Å². The molecule has 2 aromatic rings. The fourth-order valence-electron chi connectivity index (χ4n) is 7.39. The largest absolute Gasteiger partial charge is 0.416 e. The highest BCUT2D eigenvalue weighted by molar-refractivity contribution is 5.75. The van der Waals surface area contributed by atoms with E-state index in [0.717, 1.165) is 49.5 Å². The number of amides is 2. The monoisotopic (exact) mass is 642 g/mol. The number of halogens is 7. The number of hydrogen-bond donors (Lipinski definition) is 0. The van der Waals surface area contributed by atoms with Crippen LogP contribution in [0.25, 0.3) is 0 Å². The predicted molar refractivity (Wildman–Crippen MR) is 157 cm³/mol. The first-order chi connectivity index (χ1) is 21.2. The summed E-state index contributed by atoms with van der Waals surface area (Å²) < 4.78 is 94.7. The van der Waals surface area contributed by atoms with Gasteiger partial charge < -0.3 is 19.6 Å². The fraction of sp³-hybridized carbons (Fsp3) is 0.606. The number of urea groups is 1. The molecule has 0 aliphatic carbocycles. The third-order valence-corrected chi connectivity index (χ3v) is 9.73. The van der Waals surface area contributed by atoms with Crippen molar-refractivity contribution >= 4 is 6.03 Å². The molecule has 248 valence electrons. The van der Waals surface area contributed by atoms with Crippen molar-refractivity contribution in [2.24, 2.45) is 0 Å². The van der Waals surface area contributed by atoms with E-state index in [9.17, 15) is 35.5 Å². The maximum absolute atomic E-state index is 14.1. The summed E-state index contributed by atoms with van der Waals surface area (Å²) in [4.78, 5) is 21.7. The minimum atomic E-state index is -4.98. The summed E-state index contributed by atoms with van der Waals surface area (Å²) in [6.45, 7) is 5.91. The molecule has 0 aromatic heterocycles. The van der Waals surface area contributed by atoms with Crippen LogP contribution in [-0.2, 0) is 18.9 Å². The zero-order valence-electron chi connectivity index (χ0n) is 25.7. The average Bonchev–Trinajstić information content (AvgIpc) is 3.00. The lowest BCUT2D eigenvalue weighted by Gasteiger charge is -2.48. The van der Waals surface area contributed by atoms with Crippen LogP contribution in [0.4, 0.5) is 35.5 Å². The predicted octanol–water partition coefficient (Wildman–Crippen LogP) is 7.88. The molecular formula is C33H41F7N4O. The van der Waals surface area contributed by atoms with Crippen molar-refractivity contribution in [1.29, 1.82) is 0 Å². The van der Waals surface area contributed by atoms with Crippen LogP contribution in [0.5, 0.6) is 0 Å². The second-order valence-corrected chi connectivity index (χ2v) is 12.8. The van der Waals surface area contributed by atoms with Crippen molar-refractivity contribution in [3.63, 3.8) is 0 Å². The Morgan fingerprint density at radius 3 is 1.96 bits per heavy atom. The maximum Gasteiger partial charge on any atom is 0.416 e. The van der Waals surface area contributed by atoms with Crippen molar-refractivity contribution in [3.8, 4) is 0 Å². The Balaban J connectivity index is 1.33. The number of rotatable bonds is 5. The number of carbonyl (C=O) groups excluding carboxylic acids is 1. The number of benzene rings is 2. The molecule has 3 aliphatic rings. The lowest BCUT2D eigenvalue weighted by molar-refractivity contribution is -0.143. The third-order valence-electron chi connectivity index (χ3n) is 9.73. The summed E-state index contributed by atoms with van der Waals surface area (Å²) in [5.41, 5.74) is -1.65. The molecule has 3 heterocycles. The van der Waals surface area contributed by atoms with Crippen LogP contribution in [-0.4, -0.2) is 77.5 Å². The highest BCUT2D eigenvalue weighted by Crippen LogP contribution is 2.39. The molecule has 3 aliphatic heterocycles. The summed E-state index contributed by atoms with van der Waals surface area (Å²) in [6, 6.07) is 5.67. The SMILES string of the molecule is Cc1cc(F)ccc1[C@H]1C[C@@H](N2CCC(N3CCCCC3)CC2)CCN1C(=O)N(C)Cc1cc(C(F)(F)F)cc(C(F)(F)F)c1. The van der Waals surface area contributed by atoms with E-state index in [1.807, 2.05) is 0 Å². The zero-order valence-corrected chi connectivity index (χ0v) is 25.7. The Labute approximate surface area is 259 Å². The van der Waals surface area contributed by atoms with Gasteiger partial charge in [-0.3, -0.25) is 0 Å². The van der Waals surface area contributed by atoms with Crippen molar-refractivity contribution in [1.82, 2.24) is 19.6 Å². The standard InChI is InChI=1S/C33H41F7N4O/c1-22-16-26(34)6-7-29(22)30-20-28(43-13-8-27(9-14-43)42-11-4-3-5-12-42)10-15-44(30)31(45)41(2)21-23-17-24(32(35,36)37)19-25(18-23)33(38,39)40/h6-7,16-19,27-28,30H,3-5,8-15,20-21H2,1-2H3/t28-,30+/m0/s1. The van der Waals surface area contributed by atoms with Gasteiger partial charge in [0, 0.05) is 32.2 Å². The maximum atomic E-state index is 14.1. The lowest BCUT2D eigenvalue weighted by Crippen LogP contribution is -2.54. The Morgan fingerprint density at radius 2 is 1.38 bits per heavy atom. The zero-order chi connectivity index (χ0) is 32.5. The average molecular weight is 643 g/mol. The molecule has 3 fully saturated rings. The van der Waals surface area contributed by atoms with Crippen LogP contribution in [0.2, 0.25) is 0 Å². The van der Waals surface area contributed by atoms with Gasteiger partial charge in [-0.05, 0) is 119 Å². The molecule has 12 heteroatoms.